The minimum absolute atomic E-state index is 0.187. The van der Waals surface area contributed by atoms with Crippen molar-refractivity contribution >= 4 is 22.6 Å². The number of rotatable bonds is 3. The Bertz CT molecular complexity index is 793. The number of imidazole rings is 1. The van der Waals surface area contributed by atoms with E-state index in [-0.39, 0.29) is 11.9 Å². The molecule has 0 fully saturated rings. The van der Waals surface area contributed by atoms with Gasteiger partial charge in [0.1, 0.15) is 11.6 Å². The van der Waals surface area contributed by atoms with Gasteiger partial charge in [0.25, 0.3) is 0 Å². The van der Waals surface area contributed by atoms with Crippen molar-refractivity contribution in [3.63, 3.8) is 0 Å². The Morgan fingerprint density at radius 1 is 1.19 bits per heavy atom. The number of benzene rings is 2. The molecule has 108 valence electrons. The topological polar surface area (TPSA) is 17.8 Å². The molecule has 0 radical (unpaired) electrons. The van der Waals surface area contributed by atoms with E-state index < -0.39 is 0 Å². The van der Waals surface area contributed by atoms with Gasteiger partial charge >= 0.3 is 0 Å². The van der Waals surface area contributed by atoms with Crippen molar-refractivity contribution in [1.29, 1.82) is 0 Å². The van der Waals surface area contributed by atoms with E-state index in [0.717, 1.165) is 28.0 Å². The molecule has 21 heavy (non-hydrogen) atoms. The molecule has 0 unspecified atom stereocenters. The standard InChI is InChI=1S/C17H16ClFN2/c1-11(2)21-16-9-14(19)6-7-15(16)20-17(21)13-5-3-4-12(8-13)10-18/h3-9,11H,10H2,1-2H3. The Morgan fingerprint density at radius 2 is 2.00 bits per heavy atom. The molecule has 3 aromatic rings. The van der Waals surface area contributed by atoms with E-state index in [1.807, 2.05) is 24.3 Å². The lowest BCUT2D eigenvalue weighted by molar-refractivity contribution is 0.613. The molecule has 1 aromatic heterocycles. The fourth-order valence-electron chi connectivity index (χ4n) is 2.59. The quantitative estimate of drug-likeness (QED) is 0.611. The summed E-state index contributed by atoms with van der Waals surface area (Å²) >= 11 is 5.91. The summed E-state index contributed by atoms with van der Waals surface area (Å²) in [4.78, 5) is 4.67. The third-order valence-corrected chi connectivity index (χ3v) is 3.82. The van der Waals surface area contributed by atoms with Crippen LogP contribution < -0.4 is 0 Å². The van der Waals surface area contributed by atoms with Gasteiger partial charge in [0.2, 0.25) is 0 Å². The molecular formula is C17H16ClFN2. The molecule has 0 bridgehead atoms. The van der Waals surface area contributed by atoms with Gasteiger partial charge in [0, 0.05) is 17.5 Å². The highest BCUT2D eigenvalue weighted by molar-refractivity contribution is 6.17. The molecule has 2 nitrogen and oxygen atoms in total. The van der Waals surface area contributed by atoms with Crippen molar-refractivity contribution in [2.45, 2.75) is 25.8 Å². The SMILES string of the molecule is CC(C)n1c(-c2cccc(CCl)c2)nc2ccc(F)cc21. The van der Waals surface area contributed by atoms with Crippen LogP contribution in [-0.4, -0.2) is 9.55 Å². The molecule has 0 amide bonds. The summed E-state index contributed by atoms with van der Waals surface area (Å²) in [6.07, 6.45) is 0. The van der Waals surface area contributed by atoms with Crippen molar-refractivity contribution < 1.29 is 4.39 Å². The lowest BCUT2D eigenvalue weighted by Crippen LogP contribution is -2.03. The molecule has 0 spiro atoms. The maximum atomic E-state index is 13.6. The van der Waals surface area contributed by atoms with Crippen molar-refractivity contribution in [3.8, 4) is 11.4 Å². The molecule has 3 rings (SSSR count). The van der Waals surface area contributed by atoms with Crippen LogP contribution in [0.3, 0.4) is 0 Å². The van der Waals surface area contributed by atoms with Gasteiger partial charge < -0.3 is 4.57 Å². The van der Waals surface area contributed by atoms with E-state index in [9.17, 15) is 4.39 Å². The van der Waals surface area contributed by atoms with Crippen LogP contribution in [0.2, 0.25) is 0 Å². The molecule has 4 heteroatoms. The Morgan fingerprint density at radius 3 is 2.71 bits per heavy atom. The first-order chi connectivity index (χ1) is 10.1. The highest BCUT2D eigenvalue weighted by Gasteiger charge is 2.15. The Labute approximate surface area is 128 Å². The molecule has 0 atom stereocenters. The van der Waals surface area contributed by atoms with E-state index in [1.165, 1.54) is 12.1 Å². The highest BCUT2D eigenvalue weighted by Crippen LogP contribution is 2.29. The van der Waals surface area contributed by atoms with Gasteiger partial charge in [0.15, 0.2) is 0 Å². The van der Waals surface area contributed by atoms with Gasteiger partial charge in [0.05, 0.1) is 11.0 Å². The van der Waals surface area contributed by atoms with Crippen molar-refractivity contribution in [3.05, 3.63) is 53.8 Å². The summed E-state index contributed by atoms with van der Waals surface area (Å²) in [7, 11) is 0. The Balaban J connectivity index is 2.28. The van der Waals surface area contributed by atoms with Gasteiger partial charge in [-0.15, -0.1) is 11.6 Å². The van der Waals surface area contributed by atoms with Gasteiger partial charge in [-0.05, 0) is 43.7 Å². The second kappa shape index (κ2) is 5.49. The molecule has 0 aliphatic carbocycles. The highest BCUT2D eigenvalue weighted by atomic mass is 35.5. The minimum Gasteiger partial charge on any atom is -0.321 e. The van der Waals surface area contributed by atoms with Crippen LogP contribution in [0.5, 0.6) is 0 Å². The largest absolute Gasteiger partial charge is 0.321 e. The first-order valence-corrected chi connectivity index (χ1v) is 7.46. The molecule has 0 saturated heterocycles. The van der Waals surface area contributed by atoms with E-state index >= 15 is 0 Å². The van der Waals surface area contributed by atoms with Crippen molar-refractivity contribution in [1.82, 2.24) is 9.55 Å². The van der Waals surface area contributed by atoms with Crippen LogP contribution in [0.25, 0.3) is 22.4 Å². The number of halogens is 2. The monoisotopic (exact) mass is 302 g/mol. The van der Waals surface area contributed by atoms with Crippen LogP contribution in [0.1, 0.15) is 25.5 Å². The molecule has 0 aliphatic rings. The number of alkyl halides is 1. The molecular weight excluding hydrogens is 287 g/mol. The normalized spacial score (nSPS) is 11.5. The van der Waals surface area contributed by atoms with Gasteiger partial charge in [-0.3, -0.25) is 0 Å². The third kappa shape index (κ3) is 2.54. The van der Waals surface area contributed by atoms with E-state index in [0.29, 0.717) is 5.88 Å². The molecule has 0 N–H and O–H groups in total. The molecule has 0 aliphatic heterocycles. The number of aromatic nitrogens is 2. The second-order valence-corrected chi connectivity index (χ2v) is 5.63. The maximum absolute atomic E-state index is 13.6. The van der Waals surface area contributed by atoms with Gasteiger partial charge in [-0.2, -0.15) is 0 Å². The summed E-state index contributed by atoms with van der Waals surface area (Å²) in [5, 5.41) is 0. The lowest BCUT2D eigenvalue weighted by Gasteiger charge is -2.13. The maximum Gasteiger partial charge on any atom is 0.141 e. The molecule has 1 heterocycles. The predicted octanol–water partition coefficient (Wildman–Crippen LogP) is 5.16. The summed E-state index contributed by atoms with van der Waals surface area (Å²) in [5.74, 6) is 1.06. The van der Waals surface area contributed by atoms with E-state index in [2.05, 4.69) is 23.4 Å². The predicted molar refractivity (Wildman–Crippen MR) is 85.1 cm³/mol. The molecule has 0 saturated carbocycles. The summed E-state index contributed by atoms with van der Waals surface area (Å²) in [6.45, 7) is 4.14. The fraction of sp³-hybridized carbons (Fsp3) is 0.235. The third-order valence-electron chi connectivity index (χ3n) is 3.51. The second-order valence-electron chi connectivity index (χ2n) is 5.37. The van der Waals surface area contributed by atoms with E-state index in [4.69, 9.17) is 11.6 Å². The Hall–Kier alpha value is -1.87. The fourth-order valence-corrected chi connectivity index (χ4v) is 2.75. The number of hydrogen-bond donors (Lipinski definition) is 0. The first kappa shape index (κ1) is 14.1. The van der Waals surface area contributed by atoms with Crippen LogP contribution in [-0.2, 0) is 5.88 Å². The Kier molecular flexibility index (Phi) is 3.68. The van der Waals surface area contributed by atoms with Crippen molar-refractivity contribution in [2.24, 2.45) is 0 Å². The summed E-state index contributed by atoms with van der Waals surface area (Å²) in [6, 6.07) is 12.9. The van der Waals surface area contributed by atoms with Crippen LogP contribution >= 0.6 is 11.6 Å². The first-order valence-electron chi connectivity index (χ1n) is 6.93. The minimum atomic E-state index is -0.245. The number of nitrogens with zero attached hydrogens (tertiary/aromatic N) is 2. The zero-order valence-corrected chi connectivity index (χ0v) is 12.7. The van der Waals surface area contributed by atoms with Crippen LogP contribution in [0.4, 0.5) is 4.39 Å². The van der Waals surface area contributed by atoms with Gasteiger partial charge in [-0.25, -0.2) is 9.37 Å². The zero-order chi connectivity index (χ0) is 15.0. The van der Waals surface area contributed by atoms with Crippen LogP contribution in [0.15, 0.2) is 42.5 Å². The van der Waals surface area contributed by atoms with E-state index in [1.54, 1.807) is 6.07 Å². The van der Waals surface area contributed by atoms with Crippen LogP contribution in [0, 0.1) is 5.82 Å². The number of hydrogen-bond acceptors (Lipinski definition) is 1. The lowest BCUT2D eigenvalue weighted by atomic mass is 10.1. The smallest absolute Gasteiger partial charge is 0.141 e. The summed E-state index contributed by atoms with van der Waals surface area (Å²) < 4.78 is 15.6. The molecule has 2 aromatic carbocycles. The van der Waals surface area contributed by atoms with Crippen molar-refractivity contribution in [2.75, 3.05) is 0 Å². The number of fused-ring (bicyclic) bond motifs is 1. The average Bonchev–Trinajstić information content (AvgIpc) is 2.86. The summed E-state index contributed by atoms with van der Waals surface area (Å²) in [5.41, 5.74) is 3.66. The average molecular weight is 303 g/mol. The zero-order valence-electron chi connectivity index (χ0n) is 12.0. The van der Waals surface area contributed by atoms with Gasteiger partial charge in [-0.1, -0.05) is 18.2 Å².